The van der Waals surface area contributed by atoms with Crippen molar-refractivity contribution in [2.45, 2.75) is 63.8 Å². The second-order valence-corrected chi connectivity index (χ2v) is 7.51. The highest BCUT2D eigenvalue weighted by atomic mass is 32.2. The van der Waals surface area contributed by atoms with Crippen LogP contribution in [0.5, 0.6) is 0 Å². The lowest BCUT2D eigenvalue weighted by Crippen LogP contribution is -2.46. The van der Waals surface area contributed by atoms with Crippen LogP contribution in [0.25, 0.3) is 0 Å². The highest BCUT2D eigenvalue weighted by molar-refractivity contribution is 7.91. The third kappa shape index (κ3) is 3.45. The molecule has 4 atom stereocenters. The van der Waals surface area contributed by atoms with Crippen LogP contribution in [-0.4, -0.2) is 32.0 Å². The first kappa shape index (κ1) is 14.0. The molecule has 0 aromatic carbocycles. The predicted molar refractivity (Wildman–Crippen MR) is 68.3 cm³/mol. The first-order valence-corrected chi connectivity index (χ1v) is 8.26. The highest BCUT2D eigenvalue weighted by Crippen LogP contribution is 2.26. The summed E-state index contributed by atoms with van der Waals surface area (Å²) in [6.07, 6.45) is 5.35. The summed E-state index contributed by atoms with van der Waals surface area (Å²) in [5.74, 6) is 0.598. The van der Waals surface area contributed by atoms with Gasteiger partial charge in [-0.1, -0.05) is 26.7 Å². The normalized spacial score (nSPS) is 30.2. The third-order valence-corrected chi connectivity index (χ3v) is 5.64. The summed E-state index contributed by atoms with van der Waals surface area (Å²) in [6.45, 7) is 6.54. The predicted octanol–water partition coefficient (Wildman–Crippen LogP) is 1.98. The maximum absolute atomic E-state index is 11.6. The van der Waals surface area contributed by atoms with Crippen LogP contribution in [0.4, 0.5) is 0 Å². The number of rotatable bonds is 5. The maximum Gasteiger partial charge on any atom is 0.151 e. The van der Waals surface area contributed by atoms with Gasteiger partial charge in [-0.25, -0.2) is 8.42 Å². The molecule has 1 N–H and O–H groups in total. The zero-order chi connectivity index (χ0) is 12.3. The van der Waals surface area contributed by atoms with E-state index in [9.17, 15) is 8.42 Å². The van der Waals surface area contributed by atoms with E-state index in [-0.39, 0.29) is 11.3 Å². The minimum absolute atomic E-state index is 0.166. The zero-order valence-electron chi connectivity index (χ0n) is 10.9. The zero-order valence-corrected chi connectivity index (χ0v) is 11.7. The summed E-state index contributed by atoms with van der Waals surface area (Å²) in [5.41, 5.74) is 0. The Hall–Kier alpha value is -0.0900. The van der Waals surface area contributed by atoms with Gasteiger partial charge in [-0.15, -0.1) is 0 Å². The van der Waals surface area contributed by atoms with Crippen molar-refractivity contribution in [3.8, 4) is 0 Å². The van der Waals surface area contributed by atoms with Crippen molar-refractivity contribution in [2.75, 3.05) is 6.26 Å². The molecular weight excluding hydrogens is 222 g/mol. The molecule has 96 valence electrons. The van der Waals surface area contributed by atoms with Crippen LogP contribution in [0.3, 0.4) is 0 Å². The quantitative estimate of drug-likeness (QED) is 0.808. The highest BCUT2D eigenvalue weighted by Gasteiger charge is 2.35. The summed E-state index contributed by atoms with van der Waals surface area (Å²) in [4.78, 5) is 0. The lowest BCUT2D eigenvalue weighted by atomic mass is 10.00. The molecule has 0 bridgehead atoms. The van der Waals surface area contributed by atoms with Gasteiger partial charge in [0.05, 0.1) is 5.25 Å². The standard InChI is InChI=1S/C12H25NO2S/c1-5-9(2)10(3)13-11-7-6-8-12(11)16(4,14)15/h9-13H,5-8H2,1-4H3. The molecule has 3 nitrogen and oxygen atoms in total. The molecule has 16 heavy (non-hydrogen) atoms. The van der Waals surface area contributed by atoms with Crippen LogP contribution in [-0.2, 0) is 9.84 Å². The van der Waals surface area contributed by atoms with E-state index >= 15 is 0 Å². The van der Waals surface area contributed by atoms with Gasteiger partial charge < -0.3 is 5.32 Å². The van der Waals surface area contributed by atoms with Crippen molar-refractivity contribution in [1.29, 1.82) is 0 Å². The fourth-order valence-electron chi connectivity index (χ4n) is 2.48. The maximum atomic E-state index is 11.6. The Morgan fingerprint density at radius 2 is 1.94 bits per heavy atom. The number of nitrogens with one attached hydrogen (secondary N) is 1. The van der Waals surface area contributed by atoms with Gasteiger partial charge in [0.15, 0.2) is 9.84 Å². The lowest BCUT2D eigenvalue weighted by Gasteiger charge is -2.27. The Labute approximate surface area is 99.9 Å². The smallest absolute Gasteiger partial charge is 0.151 e. The molecule has 4 heteroatoms. The summed E-state index contributed by atoms with van der Waals surface area (Å²) >= 11 is 0. The van der Waals surface area contributed by atoms with E-state index in [1.165, 1.54) is 6.26 Å². The Morgan fingerprint density at radius 3 is 2.44 bits per heavy atom. The number of hydrogen-bond acceptors (Lipinski definition) is 3. The summed E-state index contributed by atoms with van der Waals surface area (Å²) in [5, 5.41) is 3.34. The molecule has 1 saturated carbocycles. The van der Waals surface area contributed by atoms with Gasteiger partial charge in [0.2, 0.25) is 0 Å². The van der Waals surface area contributed by atoms with Crippen molar-refractivity contribution in [3.05, 3.63) is 0 Å². The molecule has 0 amide bonds. The Morgan fingerprint density at radius 1 is 1.31 bits per heavy atom. The van der Waals surface area contributed by atoms with E-state index < -0.39 is 9.84 Å². The molecule has 1 fully saturated rings. The van der Waals surface area contributed by atoms with Crippen LogP contribution in [0.1, 0.15) is 46.5 Å². The summed E-state index contributed by atoms with van der Waals surface area (Å²) in [7, 11) is -2.89. The Balaban J connectivity index is 2.60. The van der Waals surface area contributed by atoms with Crippen molar-refractivity contribution in [1.82, 2.24) is 5.32 Å². The molecule has 1 rings (SSSR count). The van der Waals surface area contributed by atoms with E-state index in [1.807, 2.05) is 0 Å². The van der Waals surface area contributed by atoms with E-state index in [4.69, 9.17) is 0 Å². The van der Waals surface area contributed by atoms with E-state index in [0.29, 0.717) is 12.0 Å². The molecule has 0 spiro atoms. The molecule has 1 aliphatic carbocycles. The van der Waals surface area contributed by atoms with Gasteiger partial charge in [0.1, 0.15) is 0 Å². The molecule has 0 saturated heterocycles. The summed E-state index contributed by atoms with van der Waals surface area (Å²) < 4.78 is 23.2. The largest absolute Gasteiger partial charge is 0.310 e. The monoisotopic (exact) mass is 247 g/mol. The van der Waals surface area contributed by atoms with Crippen LogP contribution in [0, 0.1) is 5.92 Å². The molecule has 0 radical (unpaired) electrons. The molecule has 0 aliphatic heterocycles. The first-order valence-electron chi connectivity index (χ1n) is 6.31. The van der Waals surface area contributed by atoms with E-state index in [1.54, 1.807) is 0 Å². The topological polar surface area (TPSA) is 46.2 Å². The van der Waals surface area contributed by atoms with Crippen molar-refractivity contribution in [2.24, 2.45) is 5.92 Å². The SMILES string of the molecule is CCC(C)C(C)NC1CCCC1S(C)(=O)=O. The van der Waals surface area contributed by atoms with Crippen molar-refractivity contribution < 1.29 is 8.42 Å². The average molecular weight is 247 g/mol. The van der Waals surface area contributed by atoms with Crippen molar-refractivity contribution in [3.63, 3.8) is 0 Å². The van der Waals surface area contributed by atoms with Gasteiger partial charge in [-0.2, -0.15) is 0 Å². The Bertz CT molecular complexity index is 313. The van der Waals surface area contributed by atoms with Gasteiger partial charge in [0.25, 0.3) is 0 Å². The minimum Gasteiger partial charge on any atom is -0.310 e. The molecule has 0 heterocycles. The summed E-state index contributed by atoms with van der Waals surface area (Å²) in [6, 6.07) is 0.566. The minimum atomic E-state index is -2.89. The average Bonchev–Trinajstić information content (AvgIpc) is 2.63. The molecule has 0 aromatic rings. The van der Waals surface area contributed by atoms with Gasteiger partial charge in [0, 0.05) is 18.3 Å². The van der Waals surface area contributed by atoms with Crippen molar-refractivity contribution >= 4 is 9.84 Å². The van der Waals surface area contributed by atoms with Gasteiger partial charge >= 0.3 is 0 Å². The third-order valence-electron chi connectivity index (χ3n) is 3.98. The van der Waals surface area contributed by atoms with Crippen LogP contribution in [0.15, 0.2) is 0 Å². The molecular formula is C12H25NO2S. The fourth-order valence-corrected chi connectivity index (χ4v) is 3.89. The Kier molecular flexibility index (Phi) is 4.80. The molecule has 4 unspecified atom stereocenters. The number of hydrogen-bond donors (Lipinski definition) is 1. The van der Waals surface area contributed by atoms with E-state index in [0.717, 1.165) is 25.7 Å². The van der Waals surface area contributed by atoms with E-state index in [2.05, 4.69) is 26.1 Å². The van der Waals surface area contributed by atoms with Crippen LogP contribution < -0.4 is 5.32 Å². The fraction of sp³-hybridized carbons (Fsp3) is 1.00. The second-order valence-electron chi connectivity index (χ2n) is 5.25. The molecule has 0 aromatic heterocycles. The van der Waals surface area contributed by atoms with Gasteiger partial charge in [-0.3, -0.25) is 0 Å². The first-order chi connectivity index (χ1) is 7.36. The lowest BCUT2D eigenvalue weighted by molar-refractivity contribution is 0.349. The molecule has 1 aliphatic rings. The second kappa shape index (κ2) is 5.50. The number of sulfone groups is 1. The van der Waals surface area contributed by atoms with Crippen LogP contribution >= 0.6 is 0 Å². The van der Waals surface area contributed by atoms with Crippen LogP contribution in [0.2, 0.25) is 0 Å². The van der Waals surface area contributed by atoms with Gasteiger partial charge in [-0.05, 0) is 25.7 Å².